The summed E-state index contributed by atoms with van der Waals surface area (Å²) in [6, 6.07) is 4.93. The molecule has 24 heavy (non-hydrogen) atoms. The highest BCUT2D eigenvalue weighted by atomic mass is 16.4. The Morgan fingerprint density at radius 1 is 1.29 bits per heavy atom. The molecular weight excluding hydrogens is 308 g/mol. The summed E-state index contributed by atoms with van der Waals surface area (Å²) in [6.45, 7) is -0.363. The second-order valence-electron chi connectivity index (χ2n) is 6.06. The molecule has 1 atom stereocenters. The molecule has 2 aromatic rings. The summed E-state index contributed by atoms with van der Waals surface area (Å²) in [5.41, 5.74) is 4.09. The van der Waals surface area contributed by atoms with Crippen molar-refractivity contribution in [1.82, 2.24) is 10.3 Å². The Bertz CT molecular complexity index is 936. The number of hydrogen-bond acceptors (Lipinski definition) is 4. The van der Waals surface area contributed by atoms with Crippen LogP contribution in [0.15, 0.2) is 41.6 Å². The summed E-state index contributed by atoms with van der Waals surface area (Å²) in [6.07, 6.45) is 4.17. The van der Waals surface area contributed by atoms with Crippen LogP contribution in [0.4, 0.5) is 0 Å². The van der Waals surface area contributed by atoms with E-state index in [1.165, 1.54) is 6.08 Å². The van der Waals surface area contributed by atoms with E-state index in [9.17, 15) is 19.8 Å². The van der Waals surface area contributed by atoms with Crippen molar-refractivity contribution < 1.29 is 19.8 Å². The molecule has 6 nitrogen and oxygen atoms in total. The van der Waals surface area contributed by atoms with Crippen LogP contribution in [0, 0.1) is 0 Å². The number of aliphatic hydroxyl groups is 1. The van der Waals surface area contributed by atoms with Gasteiger partial charge in [-0.25, -0.2) is 4.79 Å². The number of rotatable bonds is 2. The van der Waals surface area contributed by atoms with E-state index in [0.717, 1.165) is 22.0 Å². The molecule has 1 aromatic carbocycles. The summed E-state index contributed by atoms with van der Waals surface area (Å²) in [7, 11) is 0. The molecule has 122 valence electrons. The first-order chi connectivity index (χ1) is 11.6. The van der Waals surface area contributed by atoms with E-state index in [2.05, 4.69) is 10.3 Å². The lowest BCUT2D eigenvalue weighted by molar-refractivity contribution is -0.137. The van der Waals surface area contributed by atoms with Crippen LogP contribution in [-0.2, 0) is 16.0 Å². The lowest BCUT2D eigenvalue weighted by Gasteiger charge is -2.26. The summed E-state index contributed by atoms with van der Waals surface area (Å²) in [4.78, 5) is 27.2. The Hall–Kier alpha value is -2.86. The largest absolute Gasteiger partial charge is 0.479 e. The number of carboxylic acids is 1. The van der Waals surface area contributed by atoms with Gasteiger partial charge in [-0.05, 0) is 41.8 Å². The van der Waals surface area contributed by atoms with Crippen LogP contribution in [0.25, 0.3) is 16.6 Å². The fraction of sp³-hybridized carbons (Fsp3) is 0.222. The molecule has 2 aliphatic rings. The molecule has 0 radical (unpaired) electrons. The van der Waals surface area contributed by atoms with Gasteiger partial charge in [-0.15, -0.1) is 0 Å². The normalized spacial score (nSPS) is 20.1. The number of aromatic amines is 1. The second kappa shape index (κ2) is 5.35. The van der Waals surface area contributed by atoms with Crippen LogP contribution in [-0.4, -0.2) is 39.6 Å². The maximum absolute atomic E-state index is 12.6. The minimum atomic E-state index is -1.05. The molecule has 6 heteroatoms. The fourth-order valence-corrected chi connectivity index (χ4v) is 3.47. The third-order valence-electron chi connectivity index (χ3n) is 4.62. The number of hydrogen-bond donors (Lipinski definition) is 4. The number of H-pyrrole nitrogens is 1. The molecule has 4 N–H and O–H groups in total. The monoisotopic (exact) mass is 324 g/mol. The van der Waals surface area contributed by atoms with E-state index in [-0.39, 0.29) is 12.4 Å². The van der Waals surface area contributed by atoms with Gasteiger partial charge in [-0.2, -0.15) is 0 Å². The molecule has 4 rings (SSSR count). The summed E-state index contributed by atoms with van der Waals surface area (Å²) in [5, 5.41) is 23.0. The third-order valence-corrected chi connectivity index (χ3v) is 4.62. The number of Topliss-reactive ketones (excluding diaryl/α,β-unsaturated/α-hetero) is 1. The van der Waals surface area contributed by atoms with E-state index in [1.54, 1.807) is 0 Å². The fourth-order valence-electron chi connectivity index (χ4n) is 3.47. The van der Waals surface area contributed by atoms with E-state index >= 15 is 0 Å². The number of dihydropyridines is 1. The number of benzene rings is 1. The van der Waals surface area contributed by atoms with Gasteiger partial charge in [0.2, 0.25) is 0 Å². The van der Waals surface area contributed by atoms with Crippen LogP contribution < -0.4 is 5.32 Å². The highest BCUT2D eigenvalue weighted by Gasteiger charge is 2.32. The lowest BCUT2D eigenvalue weighted by Crippen LogP contribution is -2.38. The number of fused-ring (bicyclic) bond motifs is 3. The number of carbonyl (C=O) groups is 2. The molecule has 1 aliphatic carbocycles. The van der Waals surface area contributed by atoms with Crippen LogP contribution in [0.1, 0.15) is 17.5 Å². The number of aromatic nitrogens is 1. The van der Waals surface area contributed by atoms with Gasteiger partial charge >= 0.3 is 5.97 Å². The molecule has 0 spiro atoms. The highest BCUT2D eigenvalue weighted by molar-refractivity contribution is 6.09. The Morgan fingerprint density at radius 3 is 2.88 bits per heavy atom. The average molecular weight is 324 g/mol. The first kappa shape index (κ1) is 14.7. The molecule has 1 aliphatic heterocycles. The van der Waals surface area contributed by atoms with Gasteiger partial charge in [0.25, 0.3) is 0 Å². The standard InChI is InChI=1S/C18H16N2O4/c21-8-11-7-14(18(23)24)20-17-12-5-10-3-4-19-13(10)6-9(12)1-2-15(22)16(11)17/h3-7,14,19-21H,1-2,8H2,(H,23,24). The highest BCUT2D eigenvalue weighted by Crippen LogP contribution is 2.35. The lowest BCUT2D eigenvalue weighted by atomic mass is 9.91. The van der Waals surface area contributed by atoms with E-state index < -0.39 is 12.0 Å². The molecule has 0 saturated heterocycles. The molecule has 0 fully saturated rings. The molecular formula is C18H16N2O4. The van der Waals surface area contributed by atoms with Crippen molar-refractivity contribution in [1.29, 1.82) is 0 Å². The predicted molar refractivity (Wildman–Crippen MR) is 88.3 cm³/mol. The Balaban J connectivity index is 1.98. The molecule has 0 bridgehead atoms. The number of carboxylic acid groups (broad SMARTS) is 1. The SMILES string of the molecule is O=C1CCc2cc3[nH]ccc3cc2C2=C1C(CO)=CC(C(=O)O)N2. The van der Waals surface area contributed by atoms with E-state index in [4.69, 9.17) is 0 Å². The van der Waals surface area contributed by atoms with E-state index in [1.807, 2.05) is 24.4 Å². The van der Waals surface area contributed by atoms with Crippen molar-refractivity contribution in [2.75, 3.05) is 6.61 Å². The van der Waals surface area contributed by atoms with Crippen molar-refractivity contribution in [3.63, 3.8) is 0 Å². The number of nitrogens with one attached hydrogen (secondary N) is 2. The summed E-state index contributed by atoms with van der Waals surface area (Å²) >= 11 is 0. The first-order valence-electron chi connectivity index (χ1n) is 7.77. The Labute approximate surface area is 137 Å². The van der Waals surface area contributed by atoms with Crippen molar-refractivity contribution in [3.05, 3.63) is 52.7 Å². The molecule has 0 saturated carbocycles. The molecule has 1 unspecified atom stereocenters. The van der Waals surface area contributed by atoms with Crippen LogP contribution in [0.3, 0.4) is 0 Å². The van der Waals surface area contributed by atoms with Crippen molar-refractivity contribution in [2.24, 2.45) is 0 Å². The number of ketones is 1. The number of carbonyl (C=O) groups excluding carboxylic acids is 1. The molecule has 0 amide bonds. The first-order valence-corrected chi connectivity index (χ1v) is 7.77. The number of aryl methyl sites for hydroxylation is 1. The third kappa shape index (κ3) is 2.15. The van der Waals surface area contributed by atoms with Gasteiger partial charge in [-0.1, -0.05) is 0 Å². The maximum Gasteiger partial charge on any atom is 0.330 e. The van der Waals surface area contributed by atoms with Gasteiger partial charge in [0.05, 0.1) is 12.3 Å². The Kier molecular flexibility index (Phi) is 3.28. The van der Waals surface area contributed by atoms with Gasteiger partial charge in [0.1, 0.15) is 6.04 Å². The quantitative estimate of drug-likeness (QED) is 0.668. The van der Waals surface area contributed by atoms with Crippen LogP contribution in [0.2, 0.25) is 0 Å². The van der Waals surface area contributed by atoms with Gasteiger partial charge in [0.15, 0.2) is 5.78 Å². The van der Waals surface area contributed by atoms with Crippen molar-refractivity contribution >= 4 is 28.4 Å². The minimum absolute atomic E-state index is 0.0819. The van der Waals surface area contributed by atoms with Crippen molar-refractivity contribution in [2.45, 2.75) is 18.9 Å². The summed E-state index contributed by atoms with van der Waals surface area (Å²) < 4.78 is 0. The van der Waals surface area contributed by atoms with E-state index in [0.29, 0.717) is 29.7 Å². The zero-order valence-corrected chi connectivity index (χ0v) is 12.8. The smallest absolute Gasteiger partial charge is 0.330 e. The van der Waals surface area contributed by atoms with Gasteiger partial charge < -0.3 is 20.5 Å². The maximum atomic E-state index is 12.6. The second-order valence-corrected chi connectivity index (χ2v) is 6.06. The number of aliphatic carboxylic acids is 1. The van der Waals surface area contributed by atoms with Gasteiger partial charge in [-0.3, -0.25) is 4.79 Å². The van der Waals surface area contributed by atoms with Gasteiger partial charge in [0, 0.05) is 34.7 Å². The predicted octanol–water partition coefficient (Wildman–Crippen LogP) is 1.37. The molecule has 2 heterocycles. The van der Waals surface area contributed by atoms with Crippen LogP contribution in [0.5, 0.6) is 0 Å². The van der Waals surface area contributed by atoms with Crippen LogP contribution >= 0.6 is 0 Å². The molecule has 1 aromatic heterocycles. The summed E-state index contributed by atoms with van der Waals surface area (Å²) in [5.74, 6) is -1.13. The average Bonchev–Trinajstić information content (AvgIpc) is 2.99. The topological polar surface area (TPSA) is 102 Å². The Morgan fingerprint density at radius 2 is 2.12 bits per heavy atom. The number of aliphatic hydroxyl groups excluding tert-OH is 1. The zero-order valence-electron chi connectivity index (χ0n) is 12.8. The van der Waals surface area contributed by atoms with Crippen molar-refractivity contribution in [3.8, 4) is 0 Å². The zero-order chi connectivity index (χ0) is 16.8. The minimum Gasteiger partial charge on any atom is -0.479 e.